The molecule has 8 heteroatoms. The Bertz CT molecular complexity index is 991. The molecule has 8 nitrogen and oxygen atoms in total. The van der Waals surface area contributed by atoms with Crippen LogP contribution < -0.4 is 19.5 Å². The molecule has 0 radical (unpaired) electrons. The van der Waals surface area contributed by atoms with Gasteiger partial charge >= 0.3 is 0 Å². The molecule has 3 rings (SSSR count). The summed E-state index contributed by atoms with van der Waals surface area (Å²) in [6, 6.07) is 22.0. The summed E-state index contributed by atoms with van der Waals surface area (Å²) in [6.45, 7) is 2.40. The Morgan fingerprint density at radius 3 is 2.00 bits per heavy atom. The SMILES string of the molecule is CC(Oc1ccc([N+](=O)[O-])cc1)C(=O)Nc1ccc(OCCOc2ccccc2)cc1. The molecular weight excluding hydrogens is 400 g/mol. The van der Waals surface area contributed by atoms with Gasteiger partial charge in [0.15, 0.2) is 6.10 Å². The summed E-state index contributed by atoms with van der Waals surface area (Å²) < 4.78 is 16.7. The maximum atomic E-state index is 12.3. The van der Waals surface area contributed by atoms with Gasteiger partial charge in [0.1, 0.15) is 30.5 Å². The average molecular weight is 422 g/mol. The predicted molar refractivity (Wildman–Crippen MR) is 116 cm³/mol. The van der Waals surface area contributed by atoms with Crippen LogP contribution in [-0.2, 0) is 4.79 Å². The van der Waals surface area contributed by atoms with Gasteiger partial charge in [0.05, 0.1) is 4.92 Å². The fourth-order valence-electron chi connectivity index (χ4n) is 2.62. The molecule has 0 heterocycles. The molecule has 160 valence electrons. The number of anilines is 1. The largest absolute Gasteiger partial charge is 0.490 e. The second kappa shape index (κ2) is 10.6. The zero-order valence-electron chi connectivity index (χ0n) is 16.9. The molecule has 0 aromatic heterocycles. The number of carbonyl (C=O) groups is 1. The Balaban J connectivity index is 1.42. The fraction of sp³-hybridized carbons (Fsp3) is 0.174. The number of nitrogens with one attached hydrogen (secondary N) is 1. The first-order valence-corrected chi connectivity index (χ1v) is 9.64. The van der Waals surface area contributed by atoms with Crippen LogP contribution in [0.25, 0.3) is 0 Å². The summed E-state index contributed by atoms with van der Waals surface area (Å²) in [6.07, 6.45) is -0.785. The van der Waals surface area contributed by atoms with Crippen molar-refractivity contribution in [1.29, 1.82) is 0 Å². The van der Waals surface area contributed by atoms with Crippen molar-refractivity contribution in [3.8, 4) is 17.2 Å². The lowest BCUT2D eigenvalue weighted by molar-refractivity contribution is -0.384. The van der Waals surface area contributed by atoms with Gasteiger partial charge in [0.25, 0.3) is 11.6 Å². The number of nitro benzene ring substituents is 1. The van der Waals surface area contributed by atoms with Crippen LogP contribution in [0.1, 0.15) is 6.92 Å². The quantitative estimate of drug-likeness (QED) is 0.294. The first kappa shape index (κ1) is 21.6. The fourth-order valence-corrected chi connectivity index (χ4v) is 2.62. The van der Waals surface area contributed by atoms with Crippen LogP contribution in [0.3, 0.4) is 0 Å². The third kappa shape index (κ3) is 6.74. The summed E-state index contributed by atoms with van der Waals surface area (Å²) in [5.74, 6) is 1.47. The molecule has 0 aliphatic carbocycles. The number of nitrogens with zero attached hydrogens (tertiary/aromatic N) is 1. The highest BCUT2D eigenvalue weighted by Gasteiger charge is 2.15. The monoisotopic (exact) mass is 422 g/mol. The van der Waals surface area contributed by atoms with E-state index >= 15 is 0 Å². The van der Waals surface area contributed by atoms with E-state index in [0.717, 1.165) is 5.75 Å². The van der Waals surface area contributed by atoms with Crippen molar-refractivity contribution in [2.24, 2.45) is 0 Å². The van der Waals surface area contributed by atoms with Crippen molar-refractivity contribution in [2.45, 2.75) is 13.0 Å². The smallest absolute Gasteiger partial charge is 0.269 e. The van der Waals surface area contributed by atoms with Crippen LogP contribution in [0.2, 0.25) is 0 Å². The van der Waals surface area contributed by atoms with E-state index in [1.807, 2.05) is 30.3 Å². The lowest BCUT2D eigenvalue weighted by atomic mass is 10.2. The van der Waals surface area contributed by atoms with Crippen LogP contribution in [-0.4, -0.2) is 30.1 Å². The Hall–Kier alpha value is -4.07. The van der Waals surface area contributed by atoms with E-state index in [0.29, 0.717) is 30.4 Å². The molecule has 1 unspecified atom stereocenters. The summed E-state index contributed by atoms with van der Waals surface area (Å²) in [4.78, 5) is 22.5. The zero-order chi connectivity index (χ0) is 22.1. The van der Waals surface area contributed by atoms with E-state index in [4.69, 9.17) is 14.2 Å². The van der Waals surface area contributed by atoms with Gasteiger partial charge in [0.2, 0.25) is 0 Å². The summed E-state index contributed by atoms with van der Waals surface area (Å²) >= 11 is 0. The number of carbonyl (C=O) groups excluding carboxylic acids is 1. The van der Waals surface area contributed by atoms with Gasteiger partial charge in [0, 0.05) is 17.8 Å². The first-order valence-electron chi connectivity index (χ1n) is 9.64. The van der Waals surface area contributed by atoms with Crippen molar-refractivity contribution in [2.75, 3.05) is 18.5 Å². The Morgan fingerprint density at radius 2 is 1.42 bits per heavy atom. The van der Waals surface area contributed by atoms with Crippen molar-refractivity contribution < 1.29 is 23.9 Å². The normalized spacial score (nSPS) is 11.3. The minimum atomic E-state index is -0.785. The van der Waals surface area contributed by atoms with Crippen molar-refractivity contribution in [1.82, 2.24) is 0 Å². The van der Waals surface area contributed by atoms with Crippen molar-refractivity contribution >= 4 is 17.3 Å². The van der Waals surface area contributed by atoms with Gasteiger partial charge in [-0.15, -0.1) is 0 Å². The van der Waals surface area contributed by atoms with Gasteiger partial charge in [-0.05, 0) is 55.5 Å². The van der Waals surface area contributed by atoms with E-state index < -0.39 is 11.0 Å². The van der Waals surface area contributed by atoms with Crippen LogP contribution in [0.4, 0.5) is 11.4 Å². The third-order valence-corrected chi connectivity index (χ3v) is 4.22. The molecule has 0 fully saturated rings. The molecule has 0 saturated heterocycles. The zero-order valence-corrected chi connectivity index (χ0v) is 16.9. The maximum Gasteiger partial charge on any atom is 0.269 e. The number of para-hydroxylation sites is 1. The Labute approximate surface area is 179 Å². The molecule has 0 spiro atoms. The highest BCUT2D eigenvalue weighted by molar-refractivity contribution is 5.94. The van der Waals surface area contributed by atoms with E-state index in [1.165, 1.54) is 24.3 Å². The Kier molecular flexibility index (Phi) is 7.42. The Morgan fingerprint density at radius 1 is 0.871 bits per heavy atom. The standard InChI is InChI=1S/C23H22N2O6/c1-17(31-22-13-9-19(10-14-22)25(27)28)23(26)24-18-7-11-21(12-8-18)30-16-15-29-20-5-3-2-4-6-20/h2-14,17H,15-16H2,1H3,(H,24,26). The van der Waals surface area contributed by atoms with Gasteiger partial charge in [-0.2, -0.15) is 0 Å². The topological polar surface area (TPSA) is 99.9 Å². The summed E-state index contributed by atoms with van der Waals surface area (Å²) in [5, 5.41) is 13.4. The number of non-ortho nitro benzene ring substituents is 1. The first-order chi connectivity index (χ1) is 15.0. The summed E-state index contributed by atoms with van der Waals surface area (Å²) in [7, 11) is 0. The number of hydrogen-bond acceptors (Lipinski definition) is 6. The molecule has 1 amide bonds. The van der Waals surface area contributed by atoms with Gasteiger partial charge in [-0.1, -0.05) is 18.2 Å². The number of nitro groups is 1. The van der Waals surface area contributed by atoms with Gasteiger partial charge in [-0.3, -0.25) is 14.9 Å². The minimum Gasteiger partial charge on any atom is -0.490 e. The molecule has 0 bridgehead atoms. The molecule has 3 aromatic rings. The summed E-state index contributed by atoms with van der Waals surface area (Å²) in [5.41, 5.74) is 0.551. The number of hydrogen-bond donors (Lipinski definition) is 1. The number of rotatable bonds is 10. The minimum absolute atomic E-state index is 0.0432. The van der Waals surface area contributed by atoms with Crippen LogP contribution in [0.15, 0.2) is 78.9 Å². The average Bonchev–Trinajstić information content (AvgIpc) is 2.79. The maximum absolute atomic E-state index is 12.3. The third-order valence-electron chi connectivity index (χ3n) is 4.22. The highest BCUT2D eigenvalue weighted by Crippen LogP contribution is 2.20. The second-order valence-electron chi connectivity index (χ2n) is 6.53. The van der Waals surface area contributed by atoms with E-state index in [2.05, 4.69) is 5.32 Å². The van der Waals surface area contributed by atoms with Gasteiger partial charge in [-0.25, -0.2) is 0 Å². The molecule has 3 aromatic carbocycles. The molecule has 31 heavy (non-hydrogen) atoms. The molecule has 0 aliphatic heterocycles. The van der Waals surface area contributed by atoms with E-state index in [1.54, 1.807) is 31.2 Å². The van der Waals surface area contributed by atoms with Crippen LogP contribution in [0, 0.1) is 10.1 Å². The van der Waals surface area contributed by atoms with Crippen LogP contribution >= 0.6 is 0 Å². The van der Waals surface area contributed by atoms with E-state index in [-0.39, 0.29) is 11.6 Å². The van der Waals surface area contributed by atoms with E-state index in [9.17, 15) is 14.9 Å². The molecule has 0 saturated carbocycles. The number of benzene rings is 3. The molecular formula is C23H22N2O6. The van der Waals surface area contributed by atoms with Gasteiger partial charge < -0.3 is 19.5 Å². The lowest BCUT2D eigenvalue weighted by Gasteiger charge is -2.15. The highest BCUT2D eigenvalue weighted by atomic mass is 16.6. The molecule has 1 atom stereocenters. The number of ether oxygens (including phenoxy) is 3. The number of amides is 1. The molecule has 0 aliphatic rings. The predicted octanol–water partition coefficient (Wildman–Crippen LogP) is 4.46. The second-order valence-corrected chi connectivity index (χ2v) is 6.53. The lowest BCUT2D eigenvalue weighted by Crippen LogP contribution is -2.30. The molecule has 1 N–H and O–H groups in total. The van der Waals surface area contributed by atoms with Crippen LogP contribution in [0.5, 0.6) is 17.2 Å². The van der Waals surface area contributed by atoms with Crippen molar-refractivity contribution in [3.63, 3.8) is 0 Å². The van der Waals surface area contributed by atoms with Crippen molar-refractivity contribution in [3.05, 3.63) is 89.0 Å².